The lowest BCUT2D eigenvalue weighted by atomic mass is 9.33. The molecule has 0 saturated heterocycles. The molecule has 0 N–H and O–H groups in total. The van der Waals surface area contributed by atoms with E-state index in [1.165, 1.54) is 27.5 Å². The predicted molar refractivity (Wildman–Crippen MR) is 298 cm³/mol. The average Bonchev–Trinajstić information content (AvgIpc) is 3.40. The van der Waals surface area contributed by atoms with Crippen molar-refractivity contribution in [2.75, 3.05) is 9.80 Å². The maximum Gasteiger partial charge on any atom is 0.252 e. The first-order valence-corrected chi connectivity index (χ1v) is 24.7. The molecule has 6 heteroatoms. The number of hydrogen-bond acceptors (Lipinski definition) is 5. The van der Waals surface area contributed by atoms with Crippen LogP contribution in [0.15, 0.2) is 219 Å². The molecule has 0 spiro atoms. The Kier molecular flexibility index (Phi) is 10.7. The van der Waals surface area contributed by atoms with Crippen LogP contribution < -0.4 is 26.2 Å². The second-order valence-electron chi connectivity index (χ2n) is 21.0. The standard InChI is InChI=1S/C65H54BN5/c1-64(2,3)52-27-29-56-58(39-52)70(54-33-47(43-19-11-7-12-20-43)31-48(34-54)44-21-13-8-14-22-44)60-37-51(63-68-41-67-42-69-63)38-61-62(60)66(56)57-30-28-53(65(4,5)6)40-59(57)71(61)55-35-49(45-23-15-9-16-24-45)32-50(36-55)46-25-17-10-18-26-46/h7-42H,1-6H3. The maximum atomic E-state index is 4.84. The van der Waals surface area contributed by atoms with Crippen LogP contribution in [-0.4, -0.2) is 21.7 Å². The molecule has 2 aliphatic heterocycles. The van der Waals surface area contributed by atoms with E-state index in [-0.39, 0.29) is 17.5 Å². The second kappa shape index (κ2) is 17.3. The molecule has 12 rings (SSSR count). The number of anilines is 6. The van der Waals surface area contributed by atoms with E-state index in [2.05, 4.69) is 263 Å². The molecular weight excluding hydrogens is 862 g/mol. The van der Waals surface area contributed by atoms with E-state index in [0.717, 1.165) is 84.2 Å². The van der Waals surface area contributed by atoms with Gasteiger partial charge < -0.3 is 9.80 Å². The molecule has 10 aromatic rings. The summed E-state index contributed by atoms with van der Waals surface area (Å²) in [5.41, 5.74) is 22.9. The molecule has 0 unspecified atom stereocenters. The highest BCUT2D eigenvalue weighted by Crippen LogP contribution is 2.49. The fourth-order valence-corrected chi connectivity index (χ4v) is 10.7. The smallest absolute Gasteiger partial charge is 0.252 e. The summed E-state index contributed by atoms with van der Waals surface area (Å²) in [6.07, 6.45) is 3.21. The van der Waals surface area contributed by atoms with E-state index in [1.807, 2.05) is 0 Å². The largest absolute Gasteiger partial charge is 0.311 e. The van der Waals surface area contributed by atoms with Gasteiger partial charge in [0, 0.05) is 39.7 Å². The van der Waals surface area contributed by atoms with Crippen LogP contribution in [0.25, 0.3) is 55.9 Å². The number of aromatic nitrogens is 3. The van der Waals surface area contributed by atoms with Gasteiger partial charge in [0.05, 0.1) is 0 Å². The Morgan fingerprint density at radius 1 is 0.338 bits per heavy atom. The van der Waals surface area contributed by atoms with Crippen LogP contribution >= 0.6 is 0 Å². The second-order valence-corrected chi connectivity index (χ2v) is 21.0. The minimum atomic E-state index is -0.108. The van der Waals surface area contributed by atoms with Gasteiger partial charge in [-0.25, -0.2) is 15.0 Å². The Morgan fingerprint density at radius 2 is 0.690 bits per heavy atom. The molecule has 0 atom stereocenters. The molecule has 342 valence electrons. The number of hydrogen-bond donors (Lipinski definition) is 0. The van der Waals surface area contributed by atoms with Crippen molar-refractivity contribution < 1.29 is 0 Å². The zero-order valence-electron chi connectivity index (χ0n) is 41.1. The van der Waals surface area contributed by atoms with Gasteiger partial charge in [0.25, 0.3) is 6.71 Å². The first-order valence-electron chi connectivity index (χ1n) is 24.7. The lowest BCUT2D eigenvalue weighted by Crippen LogP contribution is -2.61. The molecule has 3 heterocycles. The summed E-state index contributed by atoms with van der Waals surface area (Å²) in [5, 5.41) is 0. The molecule has 5 nitrogen and oxygen atoms in total. The topological polar surface area (TPSA) is 45.2 Å². The molecular formula is C65H54BN5. The molecule has 0 fully saturated rings. The summed E-state index contributed by atoms with van der Waals surface area (Å²) in [7, 11) is 0. The van der Waals surface area contributed by atoms with Crippen LogP contribution in [0.1, 0.15) is 52.7 Å². The molecule has 2 aliphatic rings. The number of fused-ring (bicyclic) bond motifs is 4. The zero-order valence-corrected chi connectivity index (χ0v) is 41.1. The van der Waals surface area contributed by atoms with Gasteiger partial charge in [-0.1, -0.05) is 187 Å². The quantitative estimate of drug-likeness (QED) is 0.149. The highest BCUT2D eigenvalue weighted by molar-refractivity contribution is 7.00. The van der Waals surface area contributed by atoms with Gasteiger partial charge in [0.1, 0.15) is 12.7 Å². The number of rotatable bonds is 7. The molecule has 0 aliphatic carbocycles. The van der Waals surface area contributed by atoms with Crippen molar-refractivity contribution in [2.45, 2.75) is 52.4 Å². The van der Waals surface area contributed by atoms with E-state index < -0.39 is 0 Å². The van der Waals surface area contributed by atoms with Crippen LogP contribution in [0, 0.1) is 0 Å². The predicted octanol–water partition coefficient (Wildman–Crippen LogP) is 14.9. The summed E-state index contributed by atoms with van der Waals surface area (Å²) < 4.78 is 0. The fraction of sp³-hybridized carbons (Fsp3) is 0.123. The highest BCUT2D eigenvalue weighted by atomic mass is 15.2. The van der Waals surface area contributed by atoms with Gasteiger partial charge in [-0.05, 0) is 144 Å². The van der Waals surface area contributed by atoms with E-state index in [4.69, 9.17) is 9.97 Å². The zero-order chi connectivity index (χ0) is 48.4. The normalized spacial score (nSPS) is 12.8. The Bertz CT molecular complexity index is 3270. The van der Waals surface area contributed by atoms with Crippen LogP contribution in [0.4, 0.5) is 34.1 Å². The number of benzene rings is 9. The van der Waals surface area contributed by atoms with Crippen molar-refractivity contribution in [3.05, 3.63) is 230 Å². The van der Waals surface area contributed by atoms with E-state index in [0.29, 0.717) is 5.82 Å². The number of nitrogens with zero attached hydrogens (tertiary/aromatic N) is 5. The first kappa shape index (κ1) is 43.9. The minimum Gasteiger partial charge on any atom is -0.311 e. The molecule has 0 bridgehead atoms. The molecule has 71 heavy (non-hydrogen) atoms. The molecule has 0 saturated carbocycles. The monoisotopic (exact) mass is 915 g/mol. The van der Waals surface area contributed by atoms with Crippen molar-refractivity contribution in [1.82, 2.24) is 15.0 Å². The molecule has 9 aromatic carbocycles. The van der Waals surface area contributed by atoms with Gasteiger partial charge in [-0.15, -0.1) is 0 Å². The van der Waals surface area contributed by atoms with Crippen LogP contribution in [0.5, 0.6) is 0 Å². The summed E-state index contributed by atoms with van der Waals surface area (Å²) >= 11 is 0. The Labute approximate surface area is 418 Å². The Hall–Kier alpha value is -8.35. The van der Waals surface area contributed by atoms with Crippen molar-refractivity contribution in [1.29, 1.82) is 0 Å². The first-order chi connectivity index (χ1) is 34.5. The van der Waals surface area contributed by atoms with Gasteiger partial charge in [0.2, 0.25) is 0 Å². The third kappa shape index (κ3) is 8.00. The summed E-state index contributed by atoms with van der Waals surface area (Å²) in [5.74, 6) is 0.616. The fourth-order valence-electron chi connectivity index (χ4n) is 10.7. The summed E-state index contributed by atoms with van der Waals surface area (Å²) in [6.45, 7) is 13.8. The molecule has 1 aromatic heterocycles. The third-order valence-corrected chi connectivity index (χ3v) is 14.3. The Balaban J connectivity index is 1.22. The average molecular weight is 916 g/mol. The maximum absolute atomic E-state index is 4.84. The van der Waals surface area contributed by atoms with Crippen molar-refractivity contribution >= 4 is 57.2 Å². The van der Waals surface area contributed by atoms with Gasteiger partial charge >= 0.3 is 0 Å². The van der Waals surface area contributed by atoms with Crippen LogP contribution in [0.3, 0.4) is 0 Å². The summed E-state index contributed by atoms with van der Waals surface area (Å²) in [4.78, 5) is 19.0. The molecule has 0 radical (unpaired) electrons. The van der Waals surface area contributed by atoms with E-state index in [9.17, 15) is 0 Å². The van der Waals surface area contributed by atoms with E-state index >= 15 is 0 Å². The van der Waals surface area contributed by atoms with Crippen molar-refractivity contribution in [3.8, 4) is 55.9 Å². The minimum absolute atomic E-state index is 0.0928. The van der Waals surface area contributed by atoms with E-state index in [1.54, 1.807) is 12.7 Å². The van der Waals surface area contributed by atoms with Crippen LogP contribution in [-0.2, 0) is 10.8 Å². The lowest BCUT2D eigenvalue weighted by molar-refractivity contribution is 0.590. The Morgan fingerprint density at radius 3 is 1.03 bits per heavy atom. The van der Waals surface area contributed by atoms with Gasteiger partial charge in [0.15, 0.2) is 5.82 Å². The SMILES string of the molecule is CC(C)(C)c1ccc2c(c1)N(c1cc(-c3ccccc3)cc(-c3ccccc3)c1)c1cc(-c3ncncn3)cc3c1B2c1ccc(C(C)(C)C)cc1N3c1cc(-c2ccccc2)cc(-c2ccccc2)c1. The van der Waals surface area contributed by atoms with Crippen molar-refractivity contribution in [3.63, 3.8) is 0 Å². The lowest BCUT2D eigenvalue weighted by Gasteiger charge is -2.45. The molecule has 0 amide bonds. The van der Waals surface area contributed by atoms with Gasteiger partial charge in [-0.2, -0.15) is 0 Å². The van der Waals surface area contributed by atoms with Crippen molar-refractivity contribution in [2.24, 2.45) is 0 Å². The van der Waals surface area contributed by atoms with Crippen LogP contribution in [0.2, 0.25) is 0 Å². The highest BCUT2D eigenvalue weighted by Gasteiger charge is 2.45. The van der Waals surface area contributed by atoms with Gasteiger partial charge in [-0.3, -0.25) is 0 Å². The third-order valence-electron chi connectivity index (χ3n) is 14.3. The summed E-state index contributed by atoms with van der Waals surface area (Å²) in [6, 6.07) is 76.3.